The average molecular weight is 335 g/mol. The Morgan fingerprint density at radius 3 is 2.52 bits per heavy atom. The number of aryl methyl sites for hydroxylation is 1. The van der Waals surface area contributed by atoms with Crippen molar-refractivity contribution in [3.05, 3.63) is 66.1 Å². The molecular formula is C19H14FN3O2. The number of carbonyl (C=O) groups excluding carboxylic acids is 2. The molecule has 3 aromatic rings. The molecule has 0 aliphatic heterocycles. The van der Waals surface area contributed by atoms with Crippen LogP contribution in [0.1, 0.15) is 10.5 Å². The molecule has 1 heterocycles. The lowest BCUT2D eigenvalue weighted by atomic mass is 10.0. The van der Waals surface area contributed by atoms with Crippen molar-refractivity contribution in [2.45, 2.75) is 0 Å². The highest BCUT2D eigenvalue weighted by atomic mass is 19.1. The molecule has 1 atom stereocenters. The smallest absolute Gasteiger partial charge is 0.249 e. The molecule has 0 aliphatic rings. The zero-order chi connectivity index (χ0) is 18.0. The van der Waals surface area contributed by atoms with Crippen molar-refractivity contribution in [2.75, 3.05) is 5.32 Å². The normalized spacial score (nSPS) is 11.7. The minimum absolute atomic E-state index is 0.0717. The highest BCUT2D eigenvalue weighted by Crippen LogP contribution is 2.22. The number of nitrogens with one attached hydrogen (secondary N) is 1. The fourth-order valence-corrected chi connectivity index (χ4v) is 2.68. The number of hydrogen-bond donors (Lipinski definition) is 1. The maximum atomic E-state index is 13.7. The maximum absolute atomic E-state index is 13.7. The molecule has 0 bridgehead atoms. The molecule has 0 fully saturated rings. The topological polar surface area (TPSA) is 74.9 Å². The molecule has 0 saturated heterocycles. The van der Waals surface area contributed by atoms with Gasteiger partial charge in [0.1, 0.15) is 5.82 Å². The number of hydrogen-bond acceptors (Lipinski definition) is 3. The first-order valence-corrected chi connectivity index (χ1v) is 7.56. The zero-order valence-corrected chi connectivity index (χ0v) is 13.4. The van der Waals surface area contributed by atoms with Crippen molar-refractivity contribution in [1.82, 2.24) is 4.57 Å². The number of rotatable bonds is 4. The van der Waals surface area contributed by atoms with Crippen molar-refractivity contribution >= 4 is 28.3 Å². The van der Waals surface area contributed by atoms with E-state index in [1.807, 2.05) is 24.3 Å². The van der Waals surface area contributed by atoms with E-state index in [-0.39, 0.29) is 11.4 Å². The zero-order valence-electron chi connectivity index (χ0n) is 13.4. The predicted molar refractivity (Wildman–Crippen MR) is 91.4 cm³/mol. The predicted octanol–water partition coefficient (Wildman–Crippen LogP) is 3.28. The highest BCUT2D eigenvalue weighted by molar-refractivity contribution is 6.16. The van der Waals surface area contributed by atoms with Gasteiger partial charge in [-0.3, -0.25) is 9.59 Å². The summed E-state index contributed by atoms with van der Waals surface area (Å²) in [5.74, 6) is -3.69. The number of nitriles is 1. The molecular weight excluding hydrogens is 321 g/mol. The van der Waals surface area contributed by atoms with Gasteiger partial charge in [0.25, 0.3) is 0 Å². The van der Waals surface area contributed by atoms with Crippen LogP contribution in [-0.2, 0) is 11.8 Å². The second-order valence-electron chi connectivity index (χ2n) is 5.54. The van der Waals surface area contributed by atoms with Crippen molar-refractivity contribution in [1.29, 1.82) is 5.26 Å². The minimum Gasteiger partial charge on any atom is -0.341 e. The standard InChI is InChI=1S/C19H14FN3O2/c1-23-16-9-5-2-6-12(16)10-17(23)18(24)13(11-21)19(25)22-15-8-4-3-7-14(15)20/h2-10,13H,1H3,(H,22,25). The Balaban J connectivity index is 1.91. The van der Waals surface area contributed by atoms with Crippen LogP contribution in [0.2, 0.25) is 0 Å². The van der Waals surface area contributed by atoms with Crippen molar-refractivity contribution in [3.8, 4) is 6.07 Å². The van der Waals surface area contributed by atoms with Gasteiger partial charge in [-0.15, -0.1) is 0 Å². The first-order chi connectivity index (χ1) is 12.0. The summed E-state index contributed by atoms with van der Waals surface area (Å²) in [6.45, 7) is 0. The summed E-state index contributed by atoms with van der Waals surface area (Å²) in [5.41, 5.74) is 0.992. The molecule has 1 N–H and O–H groups in total. The second kappa shape index (κ2) is 6.57. The van der Waals surface area contributed by atoms with Crippen LogP contribution in [0.3, 0.4) is 0 Å². The largest absolute Gasteiger partial charge is 0.341 e. The Morgan fingerprint density at radius 2 is 1.84 bits per heavy atom. The monoisotopic (exact) mass is 335 g/mol. The van der Waals surface area contributed by atoms with Crippen molar-refractivity contribution in [3.63, 3.8) is 0 Å². The Labute approximate surface area is 143 Å². The van der Waals surface area contributed by atoms with E-state index in [0.717, 1.165) is 10.9 Å². The number of benzene rings is 2. The fourth-order valence-electron chi connectivity index (χ4n) is 2.68. The Kier molecular flexibility index (Phi) is 4.31. The summed E-state index contributed by atoms with van der Waals surface area (Å²) in [4.78, 5) is 25.0. The van der Waals surface area contributed by atoms with Gasteiger partial charge in [0.05, 0.1) is 17.5 Å². The van der Waals surface area contributed by atoms with Gasteiger partial charge in [0.15, 0.2) is 5.92 Å². The number of Topliss-reactive ketones (excluding diaryl/α,β-unsaturated/α-hetero) is 1. The SMILES string of the molecule is Cn1c(C(=O)C(C#N)C(=O)Nc2ccccc2F)cc2ccccc21. The molecule has 1 aromatic heterocycles. The van der Waals surface area contributed by atoms with Crippen LogP contribution in [0, 0.1) is 23.1 Å². The first kappa shape index (κ1) is 16.4. The van der Waals surface area contributed by atoms with Gasteiger partial charge < -0.3 is 9.88 Å². The number of nitrogens with zero attached hydrogens (tertiary/aromatic N) is 2. The summed E-state index contributed by atoms with van der Waals surface area (Å²) >= 11 is 0. The van der Waals surface area contributed by atoms with Gasteiger partial charge in [0.2, 0.25) is 11.7 Å². The summed E-state index contributed by atoms with van der Waals surface area (Å²) in [5, 5.41) is 12.4. The van der Waals surface area contributed by atoms with Crippen LogP contribution in [-0.4, -0.2) is 16.3 Å². The number of halogens is 1. The van der Waals surface area contributed by atoms with Crippen LogP contribution in [0.15, 0.2) is 54.6 Å². The molecule has 0 radical (unpaired) electrons. The van der Waals surface area contributed by atoms with Crippen LogP contribution in [0.25, 0.3) is 10.9 Å². The van der Waals surface area contributed by atoms with Gasteiger partial charge in [-0.05, 0) is 24.3 Å². The third-order valence-corrected chi connectivity index (χ3v) is 3.99. The van der Waals surface area contributed by atoms with Gasteiger partial charge in [-0.1, -0.05) is 30.3 Å². The molecule has 1 amide bonds. The van der Waals surface area contributed by atoms with E-state index in [2.05, 4.69) is 5.32 Å². The Bertz CT molecular complexity index is 1020. The molecule has 2 aromatic carbocycles. The van der Waals surface area contributed by atoms with E-state index < -0.39 is 23.4 Å². The number of fused-ring (bicyclic) bond motifs is 1. The average Bonchev–Trinajstić information content (AvgIpc) is 2.95. The number of aromatic nitrogens is 1. The number of anilines is 1. The summed E-state index contributed by atoms with van der Waals surface area (Å²) < 4.78 is 15.3. The van der Waals surface area contributed by atoms with Crippen molar-refractivity contribution in [2.24, 2.45) is 13.0 Å². The first-order valence-electron chi connectivity index (χ1n) is 7.56. The quantitative estimate of drug-likeness (QED) is 0.587. The van der Waals surface area contributed by atoms with Gasteiger partial charge in [-0.25, -0.2) is 4.39 Å². The molecule has 25 heavy (non-hydrogen) atoms. The third kappa shape index (κ3) is 3.00. The van der Waals surface area contributed by atoms with Crippen LogP contribution in [0.4, 0.5) is 10.1 Å². The second-order valence-corrected chi connectivity index (χ2v) is 5.54. The summed E-state index contributed by atoms with van der Waals surface area (Å²) in [6, 6.07) is 16.3. The molecule has 0 aliphatic carbocycles. The molecule has 0 spiro atoms. The lowest BCUT2D eigenvalue weighted by molar-refractivity contribution is -0.117. The van der Waals surface area contributed by atoms with E-state index in [9.17, 15) is 19.2 Å². The van der Waals surface area contributed by atoms with E-state index in [0.29, 0.717) is 0 Å². The van der Waals surface area contributed by atoms with Gasteiger partial charge >= 0.3 is 0 Å². The molecule has 5 nitrogen and oxygen atoms in total. The maximum Gasteiger partial charge on any atom is 0.249 e. The third-order valence-electron chi connectivity index (χ3n) is 3.99. The lowest BCUT2D eigenvalue weighted by Gasteiger charge is -2.11. The van der Waals surface area contributed by atoms with Gasteiger partial charge in [-0.2, -0.15) is 5.26 Å². The Hall–Kier alpha value is -3.46. The van der Waals surface area contributed by atoms with Crippen LogP contribution in [0.5, 0.6) is 0 Å². The number of ketones is 1. The van der Waals surface area contributed by atoms with Crippen molar-refractivity contribution < 1.29 is 14.0 Å². The molecule has 6 heteroatoms. The van der Waals surface area contributed by atoms with Crippen LogP contribution < -0.4 is 5.32 Å². The molecule has 0 saturated carbocycles. The molecule has 1 unspecified atom stereocenters. The summed E-state index contributed by atoms with van der Waals surface area (Å²) in [7, 11) is 1.69. The minimum atomic E-state index is -1.57. The Morgan fingerprint density at radius 1 is 1.16 bits per heavy atom. The lowest BCUT2D eigenvalue weighted by Crippen LogP contribution is -2.30. The van der Waals surface area contributed by atoms with Crippen LogP contribution >= 0.6 is 0 Å². The van der Waals surface area contributed by atoms with E-state index in [1.165, 1.54) is 18.2 Å². The van der Waals surface area contributed by atoms with E-state index in [4.69, 9.17) is 0 Å². The fraction of sp³-hybridized carbons (Fsp3) is 0.105. The highest BCUT2D eigenvalue weighted by Gasteiger charge is 2.30. The van der Waals surface area contributed by atoms with Gasteiger partial charge in [0, 0.05) is 18.0 Å². The summed E-state index contributed by atoms with van der Waals surface area (Å²) in [6.07, 6.45) is 0. The van der Waals surface area contributed by atoms with E-state index >= 15 is 0 Å². The number of carbonyl (C=O) groups is 2. The molecule has 124 valence electrons. The molecule has 3 rings (SSSR count). The number of amides is 1. The van der Waals surface area contributed by atoms with E-state index in [1.54, 1.807) is 29.8 Å². The number of para-hydroxylation sites is 2.